The lowest BCUT2D eigenvalue weighted by molar-refractivity contribution is 0.0639. The minimum absolute atomic E-state index is 0.0132. The van der Waals surface area contributed by atoms with Gasteiger partial charge in [-0.05, 0) is 18.1 Å². The molecule has 0 spiro atoms. The topological polar surface area (TPSA) is 72.6 Å². The van der Waals surface area contributed by atoms with Crippen molar-refractivity contribution in [1.29, 1.82) is 0 Å². The van der Waals surface area contributed by atoms with E-state index < -0.39 is 18.5 Å². The third-order valence-electron chi connectivity index (χ3n) is 3.44. The Balaban J connectivity index is 2.50. The zero-order chi connectivity index (χ0) is 12.8. The van der Waals surface area contributed by atoms with Crippen molar-refractivity contribution < 1.29 is 12.8 Å². The lowest BCUT2D eigenvalue weighted by Gasteiger charge is -2.45. The second-order valence-corrected chi connectivity index (χ2v) is 12.2. The van der Waals surface area contributed by atoms with Crippen LogP contribution in [0.1, 0.15) is 20.8 Å². The van der Waals surface area contributed by atoms with Gasteiger partial charge in [0.1, 0.15) is 0 Å². The van der Waals surface area contributed by atoms with Crippen LogP contribution in [0.3, 0.4) is 0 Å². The third kappa shape index (κ3) is 3.04. The first kappa shape index (κ1) is 14.1. The number of rotatable bonds is 3. The maximum Gasteiger partial charge on any atom is 0.277 e. The van der Waals surface area contributed by atoms with Gasteiger partial charge in [0, 0.05) is 13.1 Å². The lowest BCUT2D eigenvalue weighted by Crippen LogP contribution is -2.60. The first-order valence-electron chi connectivity index (χ1n) is 5.39. The SMILES string of the molecule is CC(C)(C)[Si](C)(C)OC1CN(S(N)(=O)=O)C1. The first-order chi connectivity index (χ1) is 6.93. The van der Waals surface area contributed by atoms with E-state index in [9.17, 15) is 8.42 Å². The molecule has 0 bridgehead atoms. The number of nitrogens with two attached hydrogens (primary N) is 1. The van der Waals surface area contributed by atoms with E-state index in [-0.39, 0.29) is 11.1 Å². The largest absolute Gasteiger partial charge is 0.411 e. The summed E-state index contributed by atoms with van der Waals surface area (Å²) in [5.41, 5.74) is 0. The highest BCUT2D eigenvalue weighted by Gasteiger charge is 2.43. The molecule has 1 aliphatic rings. The molecule has 0 unspecified atom stereocenters. The molecule has 1 rings (SSSR count). The summed E-state index contributed by atoms with van der Waals surface area (Å²) in [6.45, 7) is 11.6. The summed E-state index contributed by atoms with van der Waals surface area (Å²) in [4.78, 5) is 0. The van der Waals surface area contributed by atoms with Crippen molar-refractivity contribution in [3.05, 3.63) is 0 Å². The maximum atomic E-state index is 11.0. The van der Waals surface area contributed by atoms with Crippen molar-refractivity contribution in [2.75, 3.05) is 13.1 Å². The molecule has 5 nitrogen and oxygen atoms in total. The van der Waals surface area contributed by atoms with Gasteiger partial charge in [-0.25, -0.2) is 5.14 Å². The Kier molecular flexibility index (Phi) is 3.58. The van der Waals surface area contributed by atoms with Gasteiger partial charge in [-0.1, -0.05) is 20.8 Å². The van der Waals surface area contributed by atoms with Crippen molar-refractivity contribution in [2.45, 2.75) is 45.0 Å². The van der Waals surface area contributed by atoms with Crippen LogP contribution in [0, 0.1) is 0 Å². The van der Waals surface area contributed by atoms with E-state index in [0.717, 1.165) is 0 Å². The Morgan fingerprint density at radius 1 is 1.31 bits per heavy atom. The van der Waals surface area contributed by atoms with E-state index in [1.165, 1.54) is 4.31 Å². The van der Waals surface area contributed by atoms with Gasteiger partial charge in [-0.2, -0.15) is 12.7 Å². The summed E-state index contributed by atoms with van der Waals surface area (Å²) in [5.74, 6) is 0. The zero-order valence-corrected chi connectivity index (χ0v) is 12.5. The number of hydrogen-bond acceptors (Lipinski definition) is 3. The molecule has 0 atom stereocenters. The molecule has 1 fully saturated rings. The highest BCUT2D eigenvalue weighted by Crippen LogP contribution is 2.38. The smallest absolute Gasteiger partial charge is 0.277 e. The maximum absolute atomic E-state index is 11.0. The molecule has 0 saturated carbocycles. The van der Waals surface area contributed by atoms with Gasteiger partial charge >= 0.3 is 0 Å². The Bertz CT molecular complexity index is 355. The summed E-state index contributed by atoms with van der Waals surface area (Å²) in [6.07, 6.45) is 0.0132. The van der Waals surface area contributed by atoms with Crippen molar-refractivity contribution in [2.24, 2.45) is 5.14 Å². The number of hydrogen-bond donors (Lipinski definition) is 1. The molecule has 7 heteroatoms. The predicted molar refractivity (Wildman–Crippen MR) is 66.8 cm³/mol. The fourth-order valence-corrected chi connectivity index (χ4v) is 3.36. The lowest BCUT2D eigenvalue weighted by atomic mass is 10.2. The Morgan fingerprint density at radius 2 is 1.75 bits per heavy atom. The van der Waals surface area contributed by atoms with Gasteiger partial charge in [0.25, 0.3) is 10.2 Å². The van der Waals surface area contributed by atoms with Crippen LogP contribution in [0.25, 0.3) is 0 Å². The summed E-state index contributed by atoms with van der Waals surface area (Å²) >= 11 is 0. The van der Waals surface area contributed by atoms with Crippen LogP contribution in [0.4, 0.5) is 0 Å². The molecule has 0 aromatic rings. The zero-order valence-electron chi connectivity index (χ0n) is 10.6. The second kappa shape index (κ2) is 4.06. The van der Waals surface area contributed by atoms with Crippen LogP contribution in [0.5, 0.6) is 0 Å². The van der Waals surface area contributed by atoms with Crippen molar-refractivity contribution in [1.82, 2.24) is 4.31 Å². The monoisotopic (exact) mass is 266 g/mol. The van der Waals surface area contributed by atoms with E-state index in [0.29, 0.717) is 13.1 Å². The highest BCUT2D eigenvalue weighted by molar-refractivity contribution is 7.86. The minimum Gasteiger partial charge on any atom is -0.411 e. The average molecular weight is 266 g/mol. The molecule has 1 heterocycles. The van der Waals surface area contributed by atoms with Gasteiger partial charge < -0.3 is 4.43 Å². The van der Waals surface area contributed by atoms with E-state index in [1.54, 1.807) is 0 Å². The van der Waals surface area contributed by atoms with Gasteiger partial charge in [0.05, 0.1) is 6.10 Å². The van der Waals surface area contributed by atoms with Crippen molar-refractivity contribution >= 4 is 18.5 Å². The van der Waals surface area contributed by atoms with Crippen LogP contribution < -0.4 is 5.14 Å². The minimum atomic E-state index is -3.52. The van der Waals surface area contributed by atoms with Crippen LogP contribution in [0.15, 0.2) is 0 Å². The van der Waals surface area contributed by atoms with Crippen LogP contribution in [0.2, 0.25) is 18.1 Å². The molecule has 0 aromatic heterocycles. The predicted octanol–water partition coefficient (Wildman–Crippen LogP) is 0.896. The third-order valence-corrected chi connectivity index (χ3v) is 8.99. The molecule has 1 aliphatic heterocycles. The molecule has 0 radical (unpaired) electrons. The molecule has 2 N–H and O–H groups in total. The van der Waals surface area contributed by atoms with Gasteiger partial charge in [-0.15, -0.1) is 0 Å². The molecule has 1 saturated heterocycles. The Labute approximate surface area is 99.3 Å². The van der Waals surface area contributed by atoms with Gasteiger partial charge in [0.15, 0.2) is 8.32 Å². The normalized spacial score (nSPS) is 20.9. The molecular weight excluding hydrogens is 244 g/mol. The molecule has 0 aromatic carbocycles. The van der Waals surface area contributed by atoms with E-state index in [4.69, 9.17) is 9.56 Å². The molecule has 0 aliphatic carbocycles. The summed E-state index contributed by atoms with van der Waals surface area (Å²) < 4.78 is 29.2. The van der Waals surface area contributed by atoms with Crippen molar-refractivity contribution in [3.63, 3.8) is 0 Å². The number of nitrogens with zero attached hydrogens (tertiary/aromatic N) is 1. The molecule has 16 heavy (non-hydrogen) atoms. The summed E-state index contributed by atoms with van der Waals surface area (Å²) in [7, 11) is -5.31. The fourth-order valence-electron chi connectivity index (χ4n) is 1.28. The van der Waals surface area contributed by atoms with E-state index in [1.807, 2.05) is 0 Å². The van der Waals surface area contributed by atoms with E-state index in [2.05, 4.69) is 33.9 Å². The molecular formula is C9H22N2O3SSi. The standard InChI is InChI=1S/C9H22N2O3SSi/c1-9(2,3)16(4,5)14-8-6-11(7-8)15(10,12)13/h8H,6-7H2,1-5H3,(H2,10,12,13). The fraction of sp³-hybridized carbons (Fsp3) is 1.00. The molecule has 96 valence electrons. The quantitative estimate of drug-likeness (QED) is 0.771. The van der Waals surface area contributed by atoms with Crippen LogP contribution in [-0.2, 0) is 14.6 Å². The highest BCUT2D eigenvalue weighted by atomic mass is 32.2. The molecule has 0 amide bonds. The Hall–Kier alpha value is 0.0469. The Morgan fingerprint density at radius 3 is 2.06 bits per heavy atom. The van der Waals surface area contributed by atoms with Gasteiger partial charge in [-0.3, -0.25) is 0 Å². The van der Waals surface area contributed by atoms with Crippen molar-refractivity contribution in [3.8, 4) is 0 Å². The summed E-state index contributed by atoms with van der Waals surface area (Å²) in [6, 6.07) is 0. The average Bonchev–Trinajstić information content (AvgIpc) is 1.90. The first-order valence-corrected chi connectivity index (χ1v) is 9.80. The van der Waals surface area contributed by atoms with Gasteiger partial charge in [0.2, 0.25) is 0 Å². The van der Waals surface area contributed by atoms with Crippen LogP contribution >= 0.6 is 0 Å². The van der Waals surface area contributed by atoms with E-state index >= 15 is 0 Å². The summed E-state index contributed by atoms with van der Waals surface area (Å²) in [5, 5.41) is 5.15. The van der Waals surface area contributed by atoms with Crippen LogP contribution in [-0.4, -0.2) is 40.2 Å². The second-order valence-electron chi connectivity index (χ2n) is 5.86.